The second kappa shape index (κ2) is 8.95. The van der Waals surface area contributed by atoms with Crippen LogP contribution in [-0.2, 0) is 6.42 Å². The predicted molar refractivity (Wildman–Crippen MR) is 75.1 cm³/mol. The van der Waals surface area contributed by atoms with Crippen molar-refractivity contribution in [3.63, 3.8) is 0 Å². The lowest BCUT2D eigenvalue weighted by Crippen LogP contribution is -2.31. The van der Waals surface area contributed by atoms with E-state index in [0.29, 0.717) is 13.2 Å². The summed E-state index contributed by atoms with van der Waals surface area (Å²) in [5, 5.41) is 12.9. The Morgan fingerprint density at radius 1 is 1.22 bits per heavy atom. The van der Waals surface area contributed by atoms with Gasteiger partial charge in [0.15, 0.2) is 0 Å². The molecule has 0 heterocycles. The molecule has 0 bridgehead atoms. The normalized spacial score (nSPS) is 12.4. The second-order valence-corrected chi connectivity index (χ2v) is 4.52. The molecule has 18 heavy (non-hydrogen) atoms. The summed E-state index contributed by atoms with van der Waals surface area (Å²) in [6.45, 7) is 6.17. The van der Waals surface area contributed by atoms with Crippen molar-refractivity contribution in [3.8, 4) is 5.75 Å². The third-order valence-corrected chi connectivity index (χ3v) is 2.86. The van der Waals surface area contributed by atoms with Crippen LogP contribution in [0.2, 0.25) is 0 Å². The summed E-state index contributed by atoms with van der Waals surface area (Å²) in [5.41, 5.74) is 1.30. The molecule has 0 aromatic heterocycles. The standard InChI is InChI=1S/C15H25NO2/c1-3-5-10-16-11-14(17)12-18-15-8-6-13(4-2)7-9-15/h6-9,14,16-17H,3-5,10-12H2,1-2H3. The quantitative estimate of drug-likeness (QED) is 0.662. The second-order valence-electron chi connectivity index (χ2n) is 4.52. The SMILES string of the molecule is CCCCNCC(O)COc1ccc(CC)cc1. The smallest absolute Gasteiger partial charge is 0.119 e. The first kappa shape index (κ1) is 15.0. The lowest BCUT2D eigenvalue weighted by molar-refractivity contribution is 0.106. The van der Waals surface area contributed by atoms with Crippen LogP contribution in [0.15, 0.2) is 24.3 Å². The topological polar surface area (TPSA) is 41.5 Å². The van der Waals surface area contributed by atoms with Crippen LogP contribution in [-0.4, -0.2) is 30.9 Å². The molecular formula is C15H25NO2. The van der Waals surface area contributed by atoms with Gasteiger partial charge in [0.2, 0.25) is 0 Å². The largest absolute Gasteiger partial charge is 0.491 e. The molecule has 0 amide bonds. The summed E-state index contributed by atoms with van der Waals surface area (Å²) in [6, 6.07) is 8.02. The van der Waals surface area contributed by atoms with E-state index in [9.17, 15) is 5.11 Å². The molecule has 102 valence electrons. The maximum Gasteiger partial charge on any atom is 0.119 e. The van der Waals surface area contributed by atoms with Crippen LogP contribution in [0.4, 0.5) is 0 Å². The molecule has 0 saturated carbocycles. The van der Waals surface area contributed by atoms with E-state index >= 15 is 0 Å². The fourth-order valence-corrected chi connectivity index (χ4v) is 1.64. The first-order valence-corrected chi connectivity index (χ1v) is 6.86. The van der Waals surface area contributed by atoms with Gasteiger partial charge in [-0.2, -0.15) is 0 Å². The van der Waals surface area contributed by atoms with Crippen LogP contribution in [0.5, 0.6) is 5.75 Å². The number of aliphatic hydroxyl groups excluding tert-OH is 1. The Balaban J connectivity index is 2.18. The minimum atomic E-state index is -0.451. The predicted octanol–water partition coefficient (Wildman–Crippen LogP) is 2.38. The van der Waals surface area contributed by atoms with Gasteiger partial charge < -0.3 is 15.2 Å². The highest BCUT2D eigenvalue weighted by Crippen LogP contribution is 2.12. The summed E-state index contributed by atoms with van der Waals surface area (Å²) in [4.78, 5) is 0. The van der Waals surface area contributed by atoms with Crippen LogP contribution >= 0.6 is 0 Å². The molecule has 0 aliphatic carbocycles. The molecule has 0 saturated heterocycles. The lowest BCUT2D eigenvalue weighted by Gasteiger charge is -2.13. The Morgan fingerprint density at radius 3 is 2.56 bits per heavy atom. The molecule has 0 fully saturated rings. The van der Waals surface area contributed by atoms with Crippen LogP contribution in [0.3, 0.4) is 0 Å². The third kappa shape index (κ3) is 6.03. The Hall–Kier alpha value is -1.06. The van der Waals surface area contributed by atoms with Crippen LogP contribution in [0, 0.1) is 0 Å². The van der Waals surface area contributed by atoms with E-state index in [1.165, 1.54) is 12.0 Å². The highest BCUT2D eigenvalue weighted by atomic mass is 16.5. The van der Waals surface area contributed by atoms with Crippen molar-refractivity contribution in [3.05, 3.63) is 29.8 Å². The zero-order valence-electron chi connectivity index (χ0n) is 11.5. The molecule has 1 aromatic carbocycles. The van der Waals surface area contributed by atoms with E-state index in [-0.39, 0.29) is 0 Å². The Kier molecular flexibility index (Phi) is 7.46. The number of hydrogen-bond donors (Lipinski definition) is 2. The van der Waals surface area contributed by atoms with Gasteiger partial charge in [-0.1, -0.05) is 32.4 Å². The molecule has 2 N–H and O–H groups in total. The average Bonchev–Trinajstić information content (AvgIpc) is 2.42. The summed E-state index contributed by atoms with van der Waals surface area (Å²) in [6.07, 6.45) is 2.90. The highest BCUT2D eigenvalue weighted by molar-refractivity contribution is 5.27. The van der Waals surface area contributed by atoms with Crippen LogP contribution < -0.4 is 10.1 Å². The molecule has 0 spiro atoms. The van der Waals surface area contributed by atoms with Crippen LogP contribution in [0.25, 0.3) is 0 Å². The highest BCUT2D eigenvalue weighted by Gasteiger charge is 2.04. The van der Waals surface area contributed by atoms with Gasteiger partial charge in [0.05, 0.1) is 0 Å². The maximum absolute atomic E-state index is 9.72. The first-order chi connectivity index (χ1) is 8.76. The summed E-state index contributed by atoms with van der Waals surface area (Å²) < 4.78 is 5.53. The Bertz CT molecular complexity index is 311. The van der Waals surface area contributed by atoms with E-state index in [1.54, 1.807) is 0 Å². The van der Waals surface area contributed by atoms with E-state index < -0.39 is 6.10 Å². The summed E-state index contributed by atoms with van der Waals surface area (Å²) in [7, 11) is 0. The molecule has 3 heteroatoms. The van der Waals surface area contributed by atoms with Crippen molar-refractivity contribution in [2.24, 2.45) is 0 Å². The van der Waals surface area contributed by atoms with Gasteiger partial charge in [0, 0.05) is 6.54 Å². The summed E-state index contributed by atoms with van der Waals surface area (Å²) in [5.74, 6) is 0.819. The number of hydrogen-bond acceptors (Lipinski definition) is 3. The molecule has 1 atom stereocenters. The summed E-state index contributed by atoms with van der Waals surface area (Å²) >= 11 is 0. The number of aliphatic hydroxyl groups is 1. The van der Waals surface area contributed by atoms with Crippen molar-refractivity contribution < 1.29 is 9.84 Å². The minimum Gasteiger partial charge on any atom is -0.491 e. The van der Waals surface area contributed by atoms with E-state index in [4.69, 9.17) is 4.74 Å². The fraction of sp³-hybridized carbons (Fsp3) is 0.600. The zero-order chi connectivity index (χ0) is 13.2. The van der Waals surface area contributed by atoms with Crippen molar-refractivity contribution in [2.75, 3.05) is 19.7 Å². The van der Waals surface area contributed by atoms with Crippen molar-refractivity contribution in [2.45, 2.75) is 39.2 Å². The van der Waals surface area contributed by atoms with Crippen molar-refractivity contribution >= 4 is 0 Å². The minimum absolute atomic E-state index is 0.338. The van der Waals surface area contributed by atoms with Gasteiger partial charge in [-0.15, -0.1) is 0 Å². The number of ether oxygens (including phenoxy) is 1. The van der Waals surface area contributed by atoms with Crippen LogP contribution in [0.1, 0.15) is 32.3 Å². The number of rotatable bonds is 9. The molecule has 0 radical (unpaired) electrons. The van der Waals surface area contributed by atoms with Gasteiger partial charge in [0.1, 0.15) is 18.5 Å². The fourth-order valence-electron chi connectivity index (χ4n) is 1.64. The molecule has 1 unspecified atom stereocenters. The average molecular weight is 251 g/mol. The van der Waals surface area contributed by atoms with E-state index in [0.717, 1.165) is 25.1 Å². The number of aryl methyl sites for hydroxylation is 1. The zero-order valence-corrected chi connectivity index (χ0v) is 11.5. The molecular weight excluding hydrogens is 226 g/mol. The first-order valence-electron chi connectivity index (χ1n) is 6.86. The molecule has 1 aromatic rings. The molecule has 0 aliphatic rings. The van der Waals surface area contributed by atoms with Gasteiger partial charge in [-0.25, -0.2) is 0 Å². The number of unbranched alkanes of at least 4 members (excludes halogenated alkanes) is 1. The molecule has 0 aliphatic heterocycles. The Labute approximate surface area is 110 Å². The monoisotopic (exact) mass is 251 g/mol. The molecule has 3 nitrogen and oxygen atoms in total. The number of benzene rings is 1. The van der Waals surface area contributed by atoms with Gasteiger partial charge in [-0.05, 0) is 37.1 Å². The Morgan fingerprint density at radius 2 is 1.94 bits per heavy atom. The third-order valence-electron chi connectivity index (χ3n) is 2.86. The van der Waals surface area contributed by atoms with Gasteiger partial charge >= 0.3 is 0 Å². The van der Waals surface area contributed by atoms with E-state index in [2.05, 4.69) is 31.3 Å². The number of nitrogens with one attached hydrogen (secondary N) is 1. The van der Waals surface area contributed by atoms with Crippen molar-refractivity contribution in [1.82, 2.24) is 5.32 Å². The lowest BCUT2D eigenvalue weighted by atomic mass is 10.2. The molecule has 1 rings (SSSR count). The van der Waals surface area contributed by atoms with Gasteiger partial charge in [-0.3, -0.25) is 0 Å². The maximum atomic E-state index is 9.72. The van der Waals surface area contributed by atoms with E-state index in [1.807, 2.05) is 12.1 Å². The van der Waals surface area contributed by atoms with Gasteiger partial charge in [0.25, 0.3) is 0 Å². The van der Waals surface area contributed by atoms with Crippen molar-refractivity contribution in [1.29, 1.82) is 0 Å².